The van der Waals surface area contributed by atoms with E-state index in [1.807, 2.05) is 113 Å². The first-order valence-electron chi connectivity index (χ1n) is 29.4. The van der Waals surface area contributed by atoms with E-state index in [0.29, 0.717) is 28.4 Å². The van der Waals surface area contributed by atoms with Gasteiger partial charge >= 0.3 is 31.6 Å². The molecule has 91 heavy (non-hydrogen) atoms. The SMILES string of the molecule is COc1ccc(C(OC[C@H]2O[C@@H](n3cnc4c(=O)[nH]c(NC(=O)COc5ccccc5)nc43)C[C@@H]2OP(=O)(OCCOCCO[C@@H]2O[C@H](COC(C)=O)[C@H](OC(C)=O)[C@H](OC(C)=O)[C@H]2OC(C)=O)N(C(C)C)C(C)C)(c2ccccc2)c2ccc(OC)cc2)cc1. The first kappa shape index (κ1) is 68.8. The molecule has 1 unspecified atom stereocenters. The Morgan fingerprint density at radius 1 is 0.692 bits per heavy atom. The van der Waals surface area contributed by atoms with Crippen LogP contribution in [0.2, 0.25) is 0 Å². The van der Waals surface area contributed by atoms with Crippen molar-refractivity contribution in [2.24, 2.45) is 0 Å². The zero-order valence-electron chi connectivity index (χ0n) is 52.2. The molecule has 2 aliphatic heterocycles. The molecule has 9 atom stereocenters. The van der Waals surface area contributed by atoms with Gasteiger partial charge in [-0.25, -0.2) is 14.2 Å². The van der Waals surface area contributed by atoms with Crippen LogP contribution in [0, 0.1) is 0 Å². The third-order valence-electron chi connectivity index (χ3n) is 14.5. The van der Waals surface area contributed by atoms with E-state index < -0.39 is 117 Å². The number of hydrogen-bond donors (Lipinski definition) is 2. The second-order valence-electron chi connectivity index (χ2n) is 21.6. The number of fused-ring (bicyclic) bond motifs is 1. The van der Waals surface area contributed by atoms with E-state index in [-0.39, 0.29) is 63.2 Å². The molecule has 0 spiro atoms. The van der Waals surface area contributed by atoms with Gasteiger partial charge in [-0.05, 0) is 80.8 Å². The number of ether oxygens (including phenoxy) is 12. The number of aromatic nitrogens is 4. The zero-order chi connectivity index (χ0) is 65.4. The van der Waals surface area contributed by atoms with Crippen molar-refractivity contribution in [3.05, 3.63) is 143 Å². The molecule has 28 heteroatoms. The lowest BCUT2D eigenvalue weighted by Crippen LogP contribution is -2.63. The van der Waals surface area contributed by atoms with Crippen LogP contribution in [0.5, 0.6) is 17.2 Å². The van der Waals surface area contributed by atoms with Crippen LogP contribution in [-0.2, 0) is 85.8 Å². The van der Waals surface area contributed by atoms with Crippen molar-refractivity contribution < 1.29 is 94.4 Å². The molecule has 4 heterocycles. The minimum absolute atomic E-state index is 0.0333. The molecule has 0 radical (unpaired) electrons. The van der Waals surface area contributed by atoms with Gasteiger partial charge in [0.15, 0.2) is 42.4 Å². The number of nitrogens with zero attached hydrogens (tertiary/aromatic N) is 4. The van der Waals surface area contributed by atoms with E-state index in [1.165, 1.54) is 10.9 Å². The summed E-state index contributed by atoms with van der Waals surface area (Å²) in [4.78, 5) is 87.3. The van der Waals surface area contributed by atoms with E-state index in [9.17, 15) is 28.8 Å². The first-order valence-corrected chi connectivity index (χ1v) is 30.9. The predicted molar refractivity (Wildman–Crippen MR) is 325 cm³/mol. The minimum atomic E-state index is -4.43. The molecule has 2 saturated heterocycles. The van der Waals surface area contributed by atoms with E-state index in [4.69, 9.17) is 65.9 Å². The quantitative estimate of drug-likeness (QED) is 0.0143. The summed E-state index contributed by atoms with van der Waals surface area (Å²) in [6.45, 7) is 9.98. The number of para-hydroxylation sites is 1. The third kappa shape index (κ3) is 17.5. The summed E-state index contributed by atoms with van der Waals surface area (Å²) in [6, 6.07) is 32.4. The predicted octanol–water partition coefficient (Wildman–Crippen LogP) is 7.20. The molecule has 4 aromatic carbocycles. The highest BCUT2D eigenvalue weighted by Crippen LogP contribution is 2.57. The van der Waals surface area contributed by atoms with Crippen molar-refractivity contribution in [2.45, 2.75) is 129 Å². The number of hydrogen-bond acceptors (Lipinski definition) is 23. The van der Waals surface area contributed by atoms with E-state index >= 15 is 4.57 Å². The van der Waals surface area contributed by atoms with Crippen LogP contribution in [0.25, 0.3) is 11.2 Å². The largest absolute Gasteiger partial charge is 0.497 e. The Bertz CT molecular complexity index is 3440. The standard InChI is InChI=1S/C63H77N6O21P/c1-38(2)69(39(3)4)91(76,84-32-30-79-29-31-80-61-58(87-43(8)73)57(86-42(7)72)56(85-41(6)71)52(89-61)34-81-40(5)70)90-50-33-54(68-37-64-55-59(68)66-62(67-60(55)75)65-53(74)36-82-49-19-15-12-16-20-49)88-51(50)35-83-63(44-17-13-11-14-18-44,45-21-25-47(77-9)26-22-45)46-23-27-48(78-10)28-24-46/h11-28,37-39,50-52,54,56-58,61H,29-36H2,1-10H3,(H2,65,66,67,74,75)/t50-,51+,52+,54+,56-,57-,58+,61+,91?/m0/s1. The van der Waals surface area contributed by atoms with Crippen molar-refractivity contribution in [3.63, 3.8) is 0 Å². The van der Waals surface area contributed by atoms with E-state index in [2.05, 4.69) is 20.3 Å². The second-order valence-corrected chi connectivity index (χ2v) is 23.5. The fourth-order valence-corrected chi connectivity index (χ4v) is 13.1. The number of anilines is 1. The first-order chi connectivity index (χ1) is 43.6. The number of H-pyrrole nitrogens is 1. The Hall–Kier alpha value is -8.11. The lowest BCUT2D eigenvalue weighted by atomic mass is 9.80. The molecule has 2 N–H and O–H groups in total. The van der Waals surface area contributed by atoms with Gasteiger partial charge < -0.3 is 56.8 Å². The lowest BCUT2D eigenvalue weighted by Gasteiger charge is -2.44. The van der Waals surface area contributed by atoms with Crippen LogP contribution in [0.4, 0.5) is 5.95 Å². The monoisotopic (exact) mass is 1280 g/mol. The Balaban J connectivity index is 1.08. The molecule has 27 nitrogen and oxygen atoms in total. The summed E-state index contributed by atoms with van der Waals surface area (Å²) in [5, 5.41) is 2.60. The topological polar surface area (TPSA) is 310 Å². The molecule has 8 rings (SSSR count). The number of amides is 1. The van der Waals surface area contributed by atoms with Crippen LogP contribution < -0.4 is 25.1 Å². The average Bonchev–Trinajstić information content (AvgIpc) is 1.68. The number of aromatic amines is 1. The van der Waals surface area contributed by atoms with Crippen molar-refractivity contribution in [1.29, 1.82) is 0 Å². The van der Waals surface area contributed by atoms with Gasteiger partial charge in [-0.2, -0.15) is 4.98 Å². The highest BCUT2D eigenvalue weighted by Gasteiger charge is 2.53. The maximum Gasteiger partial charge on any atom is 0.409 e. The van der Waals surface area contributed by atoms with Crippen LogP contribution >= 0.6 is 7.75 Å². The molecule has 0 saturated carbocycles. The zero-order valence-corrected chi connectivity index (χ0v) is 53.1. The highest BCUT2D eigenvalue weighted by molar-refractivity contribution is 7.51. The van der Waals surface area contributed by atoms with E-state index in [0.717, 1.165) is 33.3 Å². The molecule has 2 aliphatic rings. The highest BCUT2D eigenvalue weighted by atomic mass is 31.2. The summed E-state index contributed by atoms with van der Waals surface area (Å²) in [7, 11) is -1.28. The Morgan fingerprint density at radius 3 is 1.85 bits per heavy atom. The van der Waals surface area contributed by atoms with Gasteiger partial charge in [0.05, 0.1) is 53.6 Å². The molecule has 2 fully saturated rings. The number of carbonyl (C=O) groups is 5. The lowest BCUT2D eigenvalue weighted by molar-refractivity contribution is -0.309. The molecule has 490 valence electrons. The van der Waals surface area contributed by atoms with Crippen molar-refractivity contribution in [1.82, 2.24) is 24.2 Å². The van der Waals surface area contributed by atoms with Crippen molar-refractivity contribution in [3.8, 4) is 17.2 Å². The molecular formula is C63H77N6O21P. The number of rotatable bonds is 31. The van der Waals surface area contributed by atoms with Crippen LogP contribution in [0.3, 0.4) is 0 Å². The third-order valence-corrected chi connectivity index (χ3v) is 17.0. The van der Waals surface area contributed by atoms with Crippen LogP contribution in [0.15, 0.2) is 120 Å². The summed E-state index contributed by atoms with van der Waals surface area (Å²) in [5.74, 6) is -2.19. The Labute approximate surface area is 525 Å². The number of benzene rings is 4. The smallest absolute Gasteiger partial charge is 0.409 e. The maximum atomic E-state index is 16.0. The van der Waals surface area contributed by atoms with Crippen LogP contribution in [0.1, 0.15) is 84.7 Å². The number of methoxy groups -OCH3 is 2. The molecule has 0 bridgehead atoms. The minimum Gasteiger partial charge on any atom is -0.497 e. The Kier molecular flexibility index (Phi) is 24.0. The van der Waals surface area contributed by atoms with Crippen LogP contribution in [-0.4, -0.2) is 169 Å². The molecule has 1 amide bonds. The molecule has 6 aromatic rings. The fraction of sp³-hybridized carbons (Fsp3) is 0.460. The molecule has 0 aliphatic carbocycles. The van der Waals surface area contributed by atoms with Gasteiger partial charge in [-0.1, -0.05) is 72.8 Å². The average molecular weight is 1290 g/mol. The summed E-state index contributed by atoms with van der Waals surface area (Å²) in [5.41, 5.74) is 0.148. The molecule has 2 aromatic heterocycles. The molecular weight excluding hydrogens is 1210 g/mol. The second kappa shape index (κ2) is 31.8. The van der Waals surface area contributed by atoms with Gasteiger partial charge in [-0.15, -0.1) is 0 Å². The normalized spacial score (nSPS) is 20.6. The summed E-state index contributed by atoms with van der Waals surface area (Å²) < 4.78 is 103. The van der Waals surface area contributed by atoms with Gasteiger partial charge in [0.2, 0.25) is 5.95 Å². The van der Waals surface area contributed by atoms with Gasteiger partial charge in [0, 0.05) is 46.2 Å². The fourth-order valence-electron chi connectivity index (χ4n) is 10.8. The van der Waals surface area contributed by atoms with Crippen molar-refractivity contribution in [2.75, 3.05) is 65.8 Å². The summed E-state index contributed by atoms with van der Waals surface area (Å²) in [6.07, 6.45) is -8.79. The number of carbonyl (C=O) groups excluding carboxylic acids is 5. The van der Waals surface area contributed by atoms with E-state index in [1.54, 1.807) is 43.2 Å². The van der Waals surface area contributed by atoms with Gasteiger partial charge in [0.1, 0.15) is 54.0 Å². The number of imidazole rings is 1. The Morgan fingerprint density at radius 2 is 1.26 bits per heavy atom. The number of nitrogens with one attached hydrogen (secondary N) is 2. The van der Waals surface area contributed by atoms with Crippen molar-refractivity contribution >= 4 is 54.6 Å². The number of esters is 4. The van der Waals surface area contributed by atoms with Gasteiger partial charge in [-0.3, -0.25) is 52.7 Å². The van der Waals surface area contributed by atoms with Gasteiger partial charge in [0.25, 0.3) is 11.5 Å². The maximum absolute atomic E-state index is 16.0. The summed E-state index contributed by atoms with van der Waals surface area (Å²) >= 11 is 0.